The molecule has 92 valence electrons. The number of hydrogen-bond acceptors (Lipinski definition) is 5. The molecule has 16 heavy (non-hydrogen) atoms. The number of sulfone groups is 1. The SMILES string of the molecule is CCCS(=O)(=O)Cc1ncc(CNCC)s1. The second-order valence-electron chi connectivity index (χ2n) is 3.59. The Kier molecular flexibility index (Phi) is 5.37. The van der Waals surface area contributed by atoms with E-state index < -0.39 is 9.84 Å². The zero-order valence-corrected chi connectivity index (χ0v) is 11.3. The summed E-state index contributed by atoms with van der Waals surface area (Å²) in [5, 5.41) is 3.88. The molecule has 1 heterocycles. The van der Waals surface area contributed by atoms with Crippen molar-refractivity contribution in [2.24, 2.45) is 0 Å². The molecular weight excluding hydrogens is 244 g/mol. The lowest BCUT2D eigenvalue weighted by Gasteiger charge is -1.98. The molecule has 0 radical (unpaired) electrons. The molecule has 1 N–H and O–H groups in total. The van der Waals surface area contributed by atoms with E-state index in [4.69, 9.17) is 0 Å². The van der Waals surface area contributed by atoms with Crippen LogP contribution in [0.25, 0.3) is 0 Å². The highest BCUT2D eigenvalue weighted by atomic mass is 32.2. The summed E-state index contributed by atoms with van der Waals surface area (Å²) in [5.41, 5.74) is 0. The minimum absolute atomic E-state index is 0.0810. The Bertz CT molecular complexity index is 412. The van der Waals surface area contributed by atoms with Crippen LogP contribution in [0.1, 0.15) is 30.2 Å². The van der Waals surface area contributed by atoms with Crippen LogP contribution in [0, 0.1) is 0 Å². The Hall–Kier alpha value is -0.460. The third kappa shape index (κ3) is 4.59. The summed E-state index contributed by atoms with van der Waals surface area (Å²) in [6, 6.07) is 0. The van der Waals surface area contributed by atoms with E-state index in [0.717, 1.165) is 18.0 Å². The van der Waals surface area contributed by atoms with Gasteiger partial charge in [0.2, 0.25) is 0 Å². The number of hydrogen-bond donors (Lipinski definition) is 1. The van der Waals surface area contributed by atoms with E-state index in [1.54, 1.807) is 6.20 Å². The molecule has 0 atom stereocenters. The summed E-state index contributed by atoms with van der Waals surface area (Å²) in [6.45, 7) is 5.58. The summed E-state index contributed by atoms with van der Waals surface area (Å²) in [6.07, 6.45) is 2.42. The predicted molar refractivity (Wildman–Crippen MR) is 67.3 cm³/mol. The second kappa shape index (κ2) is 6.32. The van der Waals surface area contributed by atoms with E-state index in [1.165, 1.54) is 11.3 Å². The van der Waals surface area contributed by atoms with Gasteiger partial charge in [-0.05, 0) is 13.0 Å². The van der Waals surface area contributed by atoms with E-state index in [1.807, 2.05) is 13.8 Å². The van der Waals surface area contributed by atoms with Crippen LogP contribution in [-0.4, -0.2) is 25.7 Å². The van der Waals surface area contributed by atoms with Gasteiger partial charge in [-0.2, -0.15) is 0 Å². The van der Waals surface area contributed by atoms with Gasteiger partial charge < -0.3 is 5.32 Å². The van der Waals surface area contributed by atoms with Crippen molar-refractivity contribution in [2.75, 3.05) is 12.3 Å². The van der Waals surface area contributed by atoms with Crippen molar-refractivity contribution < 1.29 is 8.42 Å². The average Bonchev–Trinajstić information content (AvgIpc) is 2.61. The lowest BCUT2D eigenvalue weighted by atomic mass is 10.5. The molecule has 0 aliphatic heterocycles. The van der Waals surface area contributed by atoms with Gasteiger partial charge in [0.1, 0.15) is 10.8 Å². The number of nitrogens with one attached hydrogen (secondary N) is 1. The first-order chi connectivity index (χ1) is 7.57. The first kappa shape index (κ1) is 13.6. The molecule has 1 aromatic rings. The van der Waals surface area contributed by atoms with Crippen LogP contribution >= 0.6 is 11.3 Å². The summed E-state index contributed by atoms with van der Waals surface area (Å²) >= 11 is 1.47. The summed E-state index contributed by atoms with van der Waals surface area (Å²) in [4.78, 5) is 5.22. The molecule has 0 aliphatic rings. The lowest BCUT2D eigenvalue weighted by molar-refractivity contribution is 0.594. The number of aromatic nitrogens is 1. The Morgan fingerprint density at radius 3 is 2.81 bits per heavy atom. The number of thiazole rings is 1. The van der Waals surface area contributed by atoms with Crippen LogP contribution in [0.2, 0.25) is 0 Å². The fraction of sp³-hybridized carbons (Fsp3) is 0.700. The highest BCUT2D eigenvalue weighted by Gasteiger charge is 2.13. The molecular formula is C10H18N2O2S2. The van der Waals surface area contributed by atoms with Crippen molar-refractivity contribution in [2.45, 2.75) is 32.6 Å². The van der Waals surface area contributed by atoms with E-state index >= 15 is 0 Å². The quantitative estimate of drug-likeness (QED) is 0.810. The molecule has 1 rings (SSSR count). The van der Waals surface area contributed by atoms with Gasteiger partial charge in [-0.15, -0.1) is 11.3 Å². The molecule has 0 fully saturated rings. The van der Waals surface area contributed by atoms with Crippen LogP contribution in [-0.2, 0) is 22.1 Å². The van der Waals surface area contributed by atoms with Crippen LogP contribution < -0.4 is 5.32 Å². The minimum Gasteiger partial charge on any atom is -0.312 e. The van der Waals surface area contributed by atoms with Crippen LogP contribution in [0.3, 0.4) is 0 Å². The monoisotopic (exact) mass is 262 g/mol. The second-order valence-corrected chi connectivity index (χ2v) is 6.98. The van der Waals surface area contributed by atoms with Gasteiger partial charge in [0.25, 0.3) is 0 Å². The van der Waals surface area contributed by atoms with Gasteiger partial charge in [-0.3, -0.25) is 0 Å². The first-order valence-electron chi connectivity index (χ1n) is 5.42. The van der Waals surface area contributed by atoms with Gasteiger partial charge >= 0.3 is 0 Å². The smallest absolute Gasteiger partial charge is 0.156 e. The van der Waals surface area contributed by atoms with E-state index in [9.17, 15) is 8.42 Å². The average molecular weight is 262 g/mol. The minimum atomic E-state index is -2.96. The van der Waals surface area contributed by atoms with E-state index in [2.05, 4.69) is 10.3 Å². The molecule has 6 heteroatoms. The van der Waals surface area contributed by atoms with Crippen LogP contribution in [0.5, 0.6) is 0 Å². The number of rotatable bonds is 7. The predicted octanol–water partition coefficient (Wildman–Crippen LogP) is 1.58. The highest BCUT2D eigenvalue weighted by Crippen LogP contribution is 2.16. The summed E-state index contributed by atoms with van der Waals surface area (Å²) < 4.78 is 23.1. The third-order valence-corrected chi connectivity index (χ3v) is 4.93. The highest BCUT2D eigenvalue weighted by molar-refractivity contribution is 7.90. The Morgan fingerprint density at radius 1 is 1.44 bits per heavy atom. The number of nitrogens with zero attached hydrogens (tertiary/aromatic N) is 1. The Labute approximate surface area is 101 Å². The van der Waals surface area contributed by atoms with Gasteiger partial charge in [-0.25, -0.2) is 13.4 Å². The Morgan fingerprint density at radius 2 is 2.19 bits per heavy atom. The maximum absolute atomic E-state index is 11.6. The Balaban J connectivity index is 2.58. The molecule has 1 aromatic heterocycles. The molecule has 0 aliphatic carbocycles. The van der Waals surface area contributed by atoms with Crippen molar-refractivity contribution >= 4 is 21.2 Å². The summed E-state index contributed by atoms with van der Waals surface area (Å²) in [7, 11) is -2.96. The molecule has 4 nitrogen and oxygen atoms in total. The van der Waals surface area contributed by atoms with E-state index in [0.29, 0.717) is 11.4 Å². The zero-order valence-electron chi connectivity index (χ0n) is 9.69. The molecule has 0 saturated heterocycles. The van der Waals surface area contributed by atoms with Gasteiger partial charge in [0.05, 0.1) is 5.75 Å². The van der Waals surface area contributed by atoms with Crippen LogP contribution in [0.15, 0.2) is 6.20 Å². The molecule has 0 aromatic carbocycles. The lowest BCUT2D eigenvalue weighted by Crippen LogP contribution is -2.10. The standard InChI is InChI=1S/C10H18N2O2S2/c1-3-5-16(13,14)8-10-12-7-9(15-10)6-11-4-2/h7,11H,3-6,8H2,1-2H3. The van der Waals surface area contributed by atoms with Gasteiger partial charge in [-0.1, -0.05) is 13.8 Å². The molecule has 0 saturated carbocycles. The van der Waals surface area contributed by atoms with Crippen molar-refractivity contribution in [3.8, 4) is 0 Å². The molecule has 0 spiro atoms. The van der Waals surface area contributed by atoms with Gasteiger partial charge in [0, 0.05) is 17.6 Å². The van der Waals surface area contributed by atoms with Crippen molar-refractivity contribution in [3.05, 3.63) is 16.1 Å². The maximum atomic E-state index is 11.6. The summed E-state index contributed by atoms with van der Waals surface area (Å²) in [5.74, 6) is 0.326. The first-order valence-corrected chi connectivity index (χ1v) is 8.06. The fourth-order valence-corrected chi connectivity index (χ4v) is 4.00. The van der Waals surface area contributed by atoms with Crippen molar-refractivity contribution in [1.82, 2.24) is 10.3 Å². The maximum Gasteiger partial charge on any atom is 0.156 e. The third-order valence-electron chi connectivity index (χ3n) is 2.01. The normalized spacial score (nSPS) is 11.9. The van der Waals surface area contributed by atoms with E-state index in [-0.39, 0.29) is 11.5 Å². The molecule has 0 amide bonds. The van der Waals surface area contributed by atoms with Crippen molar-refractivity contribution in [1.29, 1.82) is 0 Å². The zero-order chi connectivity index (χ0) is 12.0. The fourth-order valence-electron chi connectivity index (χ4n) is 1.32. The van der Waals surface area contributed by atoms with Crippen LogP contribution in [0.4, 0.5) is 0 Å². The molecule has 0 bridgehead atoms. The van der Waals surface area contributed by atoms with Crippen molar-refractivity contribution in [3.63, 3.8) is 0 Å². The molecule has 0 unspecified atom stereocenters. The topological polar surface area (TPSA) is 59.1 Å². The largest absolute Gasteiger partial charge is 0.312 e. The van der Waals surface area contributed by atoms with Gasteiger partial charge in [0.15, 0.2) is 9.84 Å².